The predicted molar refractivity (Wildman–Crippen MR) is 108 cm³/mol. The molecule has 0 radical (unpaired) electrons. The summed E-state index contributed by atoms with van der Waals surface area (Å²) in [6.07, 6.45) is 3.82. The molecule has 0 aliphatic rings. The van der Waals surface area contributed by atoms with Gasteiger partial charge in [0.25, 0.3) is 0 Å². The third-order valence-corrected chi connectivity index (χ3v) is 5.56. The number of esters is 1. The van der Waals surface area contributed by atoms with E-state index in [1.807, 2.05) is 52.5 Å². The van der Waals surface area contributed by atoms with Gasteiger partial charge in [0.2, 0.25) is 5.91 Å². The zero-order valence-electron chi connectivity index (χ0n) is 14.9. The van der Waals surface area contributed by atoms with Crippen LogP contribution in [0.5, 0.6) is 0 Å². The number of imidazole rings is 1. The van der Waals surface area contributed by atoms with Gasteiger partial charge < -0.3 is 4.74 Å². The van der Waals surface area contributed by atoms with E-state index < -0.39 is 0 Å². The third-order valence-electron chi connectivity index (χ3n) is 3.91. The number of carbonyl (C=O) groups excluding carboxylic acids is 2. The minimum atomic E-state index is -0.369. The summed E-state index contributed by atoms with van der Waals surface area (Å²) in [6, 6.07) is 9.30. The van der Waals surface area contributed by atoms with E-state index in [-0.39, 0.29) is 24.9 Å². The molecule has 0 bridgehead atoms. The summed E-state index contributed by atoms with van der Waals surface area (Å²) in [4.78, 5) is 35.4. The van der Waals surface area contributed by atoms with Crippen LogP contribution in [-0.2, 0) is 27.4 Å². The Morgan fingerprint density at radius 2 is 1.96 bits per heavy atom. The lowest BCUT2D eigenvalue weighted by atomic mass is 10.3. The van der Waals surface area contributed by atoms with E-state index in [0.717, 1.165) is 10.6 Å². The van der Waals surface area contributed by atoms with Gasteiger partial charge in [0, 0.05) is 30.1 Å². The third kappa shape index (κ3) is 3.95. The molecular formula is C19H16N4O3S2. The van der Waals surface area contributed by atoms with Crippen molar-refractivity contribution in [1.29, 1.82) is 0 Å². The molecule has 28 heavy (non-hydrogen) atoms. The van der Waals surface area contributed by atoms with Gasteiger partial charge in [-0.25, -0.2) is 9.97 Å². The summed E-state index contributed by atoms with van der Waals surface area (Å²) < 4.78 is 7.19. The Bertz CT molecular complexity index is 1090. The molecule has 0 N–H and O–H groups in total. The number of fused-ring (bicyclic) bond motifs is 1. The second-order valence-electron chi connectivity index (χ2n) is 5.97. The lowest BCUT2D eigenvalue weighted by Gasteiger charge is -2.17. The van der Waals surface area contributed by atoms with Gasteiger partial charge in [-0.1, -0.05) is 18.2 Å². The number of rotatable bonds is 6. The van der Waals surface area contributed by atoms with Crippen LogP contribution < -0.4 is 4.90 Å². The first-order chi connectivity index (χ1) is 13.6. The van der Waals surface area contributed by atoms with E-state index in [1.165, 1.54) is 34.5 Å². The van der Waals surface area contributed by atoms with E-state index >= 15 is 0 Å². The number of nitrogens with zero attached hydrogens (tertiary/aromatic N) is 4. The molecule has 1 aromatic carbocycles. The summed E-state index contributed by atoms with van der Waals surface area (Å²) in [5, 5.41) is 4.26. The fourth-order valence-corrected chi connectivity index (χ4v) is 4.27. The van der Waals surface area contributed by atoms with Gasteiger partial charge in [-0.05, 0) is 12.1 Å². The largest absolute Gasteiger partial charge is 0.459 e. The Kier molecular flexibility index (Phi) is 5.18. The predicted octanol–water partition coefficient (Wildman–Crippen LogP) is 3.82. The molecule has 9 heteroatoms. The van der Waals surface area contributed by atoms with Crippen LogP contribution in [-0.4, -0.2) is 26.2 Å². The number of para-hydroxylation sites is 1. The standard InChI is InChI=1S/C19H16N4O3S2/c1-13(24)23(16-5-3-2-4-6-16)19-21-15(12-28-19)11-26-17(25)9-14-10-22-7-8-27-18(22)20-14/h2-8,10,12H,9,11H2,1H3. The van der Waals surface area contributed by atoms with Gasteiger partial charge >= 0.3 is 5.97 Å². The molecule has 4 aromatic rings. The van der Waals surface area contributed by atoms with Crippen LogP contribution in [0.25, 0.3) is 4.96 Å². The van der Waals surface area contributed by atoms with Crippen LogP contribution in [0.3, 0.4) is 0 Å². The van der Waals surface area contributed by atoms with Crippen molar-refractivity contribution in [2.45, 2.75) is 20.0 Å². The fourth-order valence-electron chi connectivity index (χ4n) is 2.68. The van der Waals surface area contributed by atoms with Gasteiger partial charge in [-0.2, -0.15) is 0 Å². The maximum Gasteiger partial charge on any atom is 0.312 e. The molecule has 0 spiro atoms. The molecule has 0 unspecified atom stereocenters. The summed E-state index contributed by atoms with van der Waals surface area (Å²) in [7, 11) is 0. The number of thiazole rings is 2. The molecule has 0 saturated heterocycles. The highest BCUT2D eigenvalue weighted by Crippen LogP contribution is 2.28. The fraction of sp³-hybridized carbons (Fsp3) is 0.158. The normalized spacial score (nSPS) is 10.9. The van der Waals surface area contributed by atoms with E-state index in [4.69, 9.17) is 4.74 Å². The molecule has 0 saturated carbocycles. The van der Waals surface area contributed by atoms with Crippen molar-refractivity contribution in [2.24, 2.45) is 0 Å². The van der Waals surface area contributed by atoms with Gasteiger partial charge in [-0.3, -0.25) is 18.9 Å². The van der Waals surface area contributed by atoms with Gasteiger partial charge in [0.1, 0.15) is 6.61 Å². The minimum absolute atomic E-state index is 0.0537. The average molecular weight is 412 g/mol. The van der Waals surface area contributed by atoms with Crippen molar-refractivity contribution >= 4 is 50.3 Å². The SMILES string of the molecule is CC(=O)N(c1ccccc1)c1nc(COC(=O)Cc2cn3ccsc3n2)cs1. The molecule has 4 rings (SSSR count). The maximum atomic E-state index is 12.1. The summed E-state index contributed by atoms with van der Waals surface area (Å²) in [5.74, 6) is -0.504. The molecule has 0 aliphatic carbocycles. The first-order valence-electron chi connectivity index (χ1n) is 8.47. The lowest BCUT2D eigenvalue weighted by molar-refractivity contribution is -0.144. The maximum absolute atomic E-state index is 12.1. The molecule has 3 heterocycles. The first-order valence-corrected chi connectivity index (χ1v) is 10.2. The smallest absolute Gasteiger partial charge is 0.312 e. The van der Waals surface area contributed by atoms with Crippen LogP contribution >= 0.6 is 22.7 Å². The number of ether oxygens (including phenoxy) is 1. The van der Waals surface area contributed by atoms with Crippen LogP contribution in [0.2, 0.25) is 0 Å². The highest BCUT2D eigenvalue weighted by atomic mass is 32.1. The van der Waals surface area contributed by atoms with Gasteiger partial charge in [0.15, 0.2) is 10.1 Å². The Labute approximate surface area is 168 Å². The molecule has 142 valence electrons. The quantitative estimate of drug-likeness (QED) is 0.450. The van der Waals surface area contributed by atoms with Crippen molar-refractivity contribution in [3.05, 3.63) is 64.9 Å². The van der Waals surface area contributed by atoms with E-state index in [0.29, 0.717) is 16.5 Å². The first kappa shape index (κ1) is 18.3. The molecule has 7 nitrogen and oxygen atoms in total. The Balaban J connectivity index is 1.39. The van der Waals surface area contributed by atoms with E-state index in [9.17, 15) is 9.59 Å². The monoisotopic (exact) mass is 412 g/mol. The number of anilines is 2. The molecule has 3 aromatic heterocycles. The number of carbonyl (C=O) groups is 2. The summed E-state index contributed by atoms with van der Waals surface area (Å²) >= 11 is 2.84. The molecule has 1 amide bonds. The van der Waals surface area contributed by atoms with Crippen molar-refractivity contribution in [3.63, 3.8) is 0 Å². The van der Waals surface area contributed by atoms with Crippen molar-refractivity contribution in [3.8, 4) is 0 Å². The van der Waals surface area contributed by atoms with Crippen molar-refractivity contribution in [1.82, 2.24) is 14.4 Å². The van der Waals surface area contributed by atoms with Crippen LogP contribution in [0.15, 0.2) is 53.5 Å². The van der Waals surface area contributed by atoms with E-state index in [2.05, 4.69) is 9.97 Å². The average Bonchev–Trinajstić information content (AvgIpc) is 3.37. The number of hydrogen-bond acceptors (Lipinski definition) is 7. The Hall–Kier alpha value is -3.04. The zero-order valence-corrected chi connectivity index (χ0v) is 16.6. The van der Waals surface area contributed by atoms with Crippen molar-refractivity contribution < 1.29 is 14.3 Å². The van der Waals surface area contributed by atoms with Gasteiger partial charge in [0.05, 0.1) is 23.5 Å². The number of aromatic nitrogens is 3. The second-order valence-corrected chi connectivity index (χ2v) is 7.68. The Morgan fingerprint density at radius 1 is 1.14 bits per heavy atom. The van der Waals surface area contributed by atoms with Crippen LogP contribution in [0.1, 0.15) is 18.3 Å². The Morgan fingerprint density at radius 3 is 2.71 bits per heavy atom. The molecular weight excluding hydrogens is 396 g/mol. The topological polar surface area (TPSA) is 76.8 Å². The molecule has 0 aliphatic heterocycles. The highest BCUT2D eigenvalue weighted by molar-refractivity contribution is 7.15. The molecule has 0 fully saturated rings. The minimum Gasteiger partial charge on any atom is -0.459 e. The van der Waals surface area contributed by atoms with Crippen LogP contribution in [0, 0.1) is 0 Å². The zero-order chi connectivity index (χ0) is 19.5. The summed E-state index contributed by atoms with van der Waals surface area (Å²) in [5.41, 5.74) is 2.01. The lowest BCUT2D eigenvalue weighted by Crippen LogP contribution is -2.22. The summed E-state index contributed by atoms with van der Waals surface area (Å²) in [6.45, 7) is 1.54. The number of amides is 1. The van der Waals surface area contributed by atoms with Crippen LogP contribution in [0.4, 0.5) is 10.8 Å². The second kappa shape index (κ2) is 7.91. The van der Waals surface area contributed by atoms with E-state index in [1.54, 1.807) is 5.38 Å². The van der Waals surface area contributed by atoms with Crippen molar-refractivity contribution in [2.75, 3.05) is 4.90 Å². The number of hydrogen-bond donors (Lipinski definition) is 0. The highest BCUT2D eigenvalue weighted by Gasteiger charge is 2.18. The number of benzene rings is 1. The molecule has 0 atom stereocenters. The van der Waals surface area contributed by atoms with Gasteiger partial charge in [-0.15, -0.1) is 22.7 Å².